The summed E-state index contributed by atoms with van der Waals surface area (Å²) in [7, 11) is 1.38. The number of hydrogen-bond acceptors (Lipinski definition) is 8. The number of methoxy groups -OCH3 is 1. The molecule has 4 aromatic rings. The molecule has 0 radical (unpaired) electrons. The molecule has 1 amide bonds. The lowest BCUT2D eigenvalue weighted by Gasteiger charge is -2.41. The molecule has 1 saturated heterocycles. The third kappa shape index (κ3) is 5.29. The van der Waals surface area contributed by atoms with E-state index in [1.165, 1.54) is 29.9 Å². The number of nitrogens with zero attached hydrogens (tertiary/aromatic N) is 5. The smallest absolute Gasteiger partial charge is 0.410 e. The fourth-order valence-electron chi connectivity index (χ4n) is 6.22. The van der Waals surface area contributed by atoms with E-state index in [9.17, 15) is 9.59 Å². The zero-order valence-corrected chi connectivity index (χ0v) is 27.0. The minimum Gasteiger partial charge on any atom is -0.496 e. The molecule has 0 saturated carbocycles. The number of amides is 1. The van der Waals surface area contributed by atoms with E-state index in [0.717, 1.165) is 5.56 Å². The zero-order valence-electron chi connectivity index (χ0n) is 27.0. The molecule has 0 N–H and O–H groups in total. The van der Waals surface area contributed by atoms with Crippen LogP contribution in [0.25, 0.3) is 27.7 Å². The molecule has 2 aromatic carbocycles. The lowest BCUT2D eigenvalue weighted by Crippen LogP contribution is -2.57. The van der Waals surface area contributed by atoms with Crippen molar-refractivity contribution in [2.75, 3.05) is 38.3 Å². The summed E-state index contributed by atoms with van der Waals surface area (Å²) >= 11 is 0. The molecule has 2 aliphatic heterocycles. The Morgan fingerprint density at radius 3 is 2.61 bits per heavy atom. The molecular formula is C34H37F2N5O5. The van der Waals surface area contributed by atoms with Crippen LogP contribution >= 0.6 is 0 Å². The quantitative estimate of drug-likeness (QED) is 0.271. The average Bonchev–Trinajstić information content (AvgIpc) is 3.15. The van der Waals surface area contributed by atoms with Crippen LogP contribution in [0.1, 0.15) is 51.8 Å². The van der Waals surface area contributed by atoms with E-state index >= 15 is 8.78 Å². The Kier molecular flexibility index (Phi) is 7.86. The highest BCUT2D eigenvalue weighted by Gasteiger charge is 2.38. The van der Waals surface area contributed by atoms with E-state index in [2.05, 4.69) is 9.97 Å². The SMILES string of the molecule is COc1cccc(F)c1-c1cc2c3c(nc(=O)n2-c2c(C)ccnc2C(C)C)N2CCN(C(=O)OC(C)(C)C)C[C@@H]2COc3c1F. The third-order valence-corrected chi connectivity index (χ3v) is 8.27. The Hall–Kier alpha value is -4.74. The molecule has 46 heavy (non-hydrogen) atoms. The van der Waals surface area contributed by atoms with Crippen molar-refractivity contribution >= 4 is 22.8 Å². The van der Waals surface area contributed by atoms with Gasteiger partial charge in [-0.25, -0.2) is 18.4 Å². The largest absolute Gasteiger partial charge is 0.496 e. The Morgan fingerprint density at radius 1 is 1.15 bits per heavy atom. The van der Waals surface area contributed by atoms with E-state index in [1.807, 2.05) is 25.7 Å². The van der Waals surface area contributed by atoms with Crippen molar-refractivity contribution in [2.24, 2.45) is 0 Å². The van der Waals surface area contributed by atoms with Crippen LogP contribution in [0, 0.1) is 18.6 Å². The monoisotopic (exact) mass is 633 g/mol. The van der Waals surface area contributed by atoms with Crippen LogP contribution in [0.5, 0.6) is 11.5 Å². The maximum atomic E-state index is 16.8. The van der Waals surface area contributed by atoms with Crippen LogP contribution in [-0.2, 0) is 4.74 Å². The number of fused-ring (bicyclic) bond motifs is 2. The summed E-state index contributed by atoms with van der Waals surface area (Å²) in [4.78, 5) is 39.7. The molecule has 6 rings (SSSR count). The van der Waals surface area contributed by atoms with Gasteiger partial charge in [-0.1, -0.05) is 19.9 Å². The van der Waals surface area contributed by atoms with Gasteiger partial charge < -0.3 is 24.0 Å². The molecule has 0 aliphatic carbocycles. The number of benzene rings is 2. The molecule has 2 aromatic heterocycles. The first kappa shape index (κ1) is 31.3. The van der Waals surface area contributed by atoms with Gasteiger partial charge in [0, 0.05) is 31.4 Å². The number of rotatable bonds is 4. The molecular weight excluding hydrogens is 596 g/mol. The first-order valence-electron chi connectivity index (χ1n) is 15.3. The maximum absolute atomic E-state index is 16.8. The van der Waals surface area contributed by atoms with E-state index in [0.29, 0.717) is 24.5 Å². The molecule has 0 unspecified atom stereocenters. The molecule has 1 fully saturated rings. The number of ether oxygens (including phenoxy) is 3. The van der Waals surface area contributed by atoms with Gasteiger partial charge >= 0.3 is 11.8 Å². The summed E-state index contributed by atoms with van der Waals surface area (Å²) in [6.07, 6.45) is 1.20. The predicted molar refractivity (Wildman–Crippen MR) is 170 cm³/mol. The Balaban J connectivity index is 1.63. The van der Waals surface area contributed by atoms with Gasteiger partial charge in [-0.3, -0.25) is 9.55 Å². The van der Waals surface area contributed by atoms with Crippen molar-refractivity contribution in [1.82, 2.24) is 19.4 Å². The molecule has 242 valence electrons. The fraction of sp³-hybridized carbons (Fsp3) is 0.412. The molecule has 0 spiro atoms. The van der Waals surface area contributed by atoms with Crippen LogP contribution < -0.4 is 20.1 Å². The van der Waals surface area contributed by atoms with E-state index in [1.54, 1.807) is 44.0 Å². The number of piperazine rings is 1. The summed E-state index contributed by atoms with van der Waals surface area (Å²) < 4.78 is 51.0. The number of hydrogen-bond donors (Lipinski definition) is 0. The number of carbonyl (C=O) groups excluding carboxylic acids is 1. The summed E-state index contributed by atoms with van der Waals surface area (Å²) in [6, 6.07) is 7.01. The van der Waals surface area contributed by atoms with Crippen LogP contribution in [0.2, 0.25) is 0 Å². The second-order valence-corrected chi connectivity index (χ2v) is 12.9. The van der Waals surface area contributed by atoms with Gasteiger partial charge in [0.1, 0.15) is 29.6 Å². The number of carbonyl (C=O) groups is 1. The second-order valence-electron chi connectivity index (χ2n) is 12.9. The van der Waals surface area contributed by atoms with Crippen molar-refractivity contribution in [3.63, 3.8) is 0 Å². The van der Waals surface area contributed by atoms with Crippen molar-refractivity contribution < 1.29 is 27.8 Å². The van der Waals surface area contributed by atoms with Gasteiger partial charge in [-0.15, -0.1) is 0 Å². The highest BCUT2D eigenvalue weighted by atomic mass is 19.1. The Labute approximate surface area is 265 Å². The predicted octanol–water partition coefficient (Wildman–Crippen LogP) is 5.98. The minimum absolute atomic E-state index is 0.0309. The fourth-order valence-corrected chi connectivity index (χ4v) is 6.22. The second kappa shape index (κ2) is 11.6. The van der Waals surface area contributed by atoms with Gasteiger partial charge in [0.05, 0.1) is 41.0 Å². The Bertz CT molecular complexity index is 1920. The van der Waals surface area contributed by atoms with Gasteiger partial charge in [-0.05, 0) is 63.4 Å². The average molecular weight is 634 g/mol. The van der Waals surface area contributed by atoms with Gasteiger partial charge in [0.15, 0.2) is 11.6 Å². The summed E-state index contributed by atoms with van der Waals surface area (Å²) in [5, 5.41) is 0.266. The van der Waals surface area contributed by atoms with Crippen LogP contribution in [-0.4, -0.2) is 70.5 Å². The van der Waals surface area contributed by atoms with Gasteiger partial charge in [0.2, 0.25) is 0 Å². The topological polar surface area (TPSA) is 99.0 Å². The van der Waals surface area contributed by atoms with E-state index in [4.69, 9.17) is 14.2 Å². The third-order valence-electron chi connectivity index (χ3n) is 8.27. The van der Waals surface area contributed by atoms with E-state index in [-0.39, 0.29) is 58.4 Å². The van der Waals surface area contributed by atoms with Crippen molar-refractivity contribution in [1.29, 1.82) is 0 Å². The highest BCUT2D eigenvalue weighted by molar-refractivity contribution is 6.00. The Morgan fingerprint density at radius 2 is 1.91 bits per heavy atom. The van der Waals surface area contributed by atoms with Gasteiger partial charge in [-0.2, -0.15) is 4.98 Å². The number of halogens is 2. The maximum Gasteiger partial charge on any atom is 0.410 e. The minimum atomic E-state index is -0.819. The lowest BCUT2D eigenvalue weighted by atomic mass is 9.99. The normalized spacial score (nSPS) is 16.3. The molecule has 2 aliphatic rings. The number of anilines is 1. The molecule has 0 bridgehead atoms. The lowest BCUT2D eigenvalue weighted by molar-refractivity contribution is 0.0201. The summed E-state index contributed by atoms with van der Waals surface area (Å²) in [5.74, 6) is -1.41. The summed E-state index contributed by atoms with van der Waals surface area (Å²) in [5.41, 5.74) is 0.661. The van der Waals surface area contributed by atoms with Crippen molar-refractivity contribution in [3.8, 4) is 28.3 Å². The molecule has 10 nitrogen and oxygen atoms in total. The van der Waals surface area contributed by atoms with Crippen LogP contribution in [0.15, 0.2) is 41.3 Å². The number of aryl methyl sites for hydroxylation is 1. The molecule has 4 heterocycles. The molecule has 12 heteroatoms. The number of aromatic nitrogens is 3. The van der Waals surface area contributed by atoms with Crippen LogP contribution in [0.3, 0.4) is 0 Å². The van der Waals surface area contributed by atoms with Crippen LogP contribution in [0.4, 0.5) is 19.4 Å². The van der Waals surface area contributed by atoms with E-state index < -0.39 is 35.1 Å². The zero-order chi connectivity index (χ0) is 33.1. The van der Waals surface area contributed by atoms with Gasteiger partial charge in [0.25, 0.3) is 0 Å². The first-order chi connectivity index (χ1) is 21.8. The first-order valence-corrected chi connectivity index (χ1v) is 15.3. The highest BCUT2D eigenvalue weighted by Crippen LogP contribution is 2.45. The standard InChI is InChI=1S/C34H37F2N5O5/c1-18(2)28-29(19(3)11-12-37-28)41-23-15-21(25-22(35)9-8-10-24(25)44-7)27(36)30-26(23)31(38-32(41)42)40-14-13-39(16-20(40)17-45-30)33(43)46-34(4,5)6/h8-12,15,18,20H,13-14,16-17H2,1-7H3/t20-/m1/s1. The van der Waals surface area contributed by atoms with Crippen molar-refractivity contribution in [3.05, 3.63) is 69.9 Å². The molecule has 1 atom stereocenters. The summed E-state index contributed by atoms with van der Waals surface area (Å²) in [6.45, 7) is 11.9. The number of pyridine rings is 1. The van der Waals surface area contributed by atoms with Crippen molar-refractivity contribution in [2.45, 2.75) is 59.1 Å².